The average molecular weight is 250 g/mol. The molecule has 1 aromatic rings. The van der Waals surface area contributed by atoms with Crippen LogP contribution in [0.25, 0.3) is 0 Å². The highest BCUT2D eigenvalue weighted by Crippen LogP contribution is 2.38. The van der Waals surface area contributed by atoms with Crippen molar-refractivity contribution in [3.63, 3.8) is 0 Å². The van der Waals surface area contributed by atoms with Gasteiger partial charge in [-0.15, -0.1) is 11.8 Å². The lowest BCUT2D eigenvalue weighted by Crippen LogP contribution is -2.11. The first-order chi connectivity index (χ1) is 7.09. The van der Waals surface area contributed by atoms with Gasteiger partial charge in [0.2, 0.25) is 0 Å². The van der Waals surface area contributed by atoms with E-state index in [1.165, 1.54) is 11.8 Å². The molecule has 0 saturated heterocycles. The van der Waals surface area contributed by atoms with Gasteiger partial charge in [-0.1, -0.05) is 20.8 Å². The van der Waals surface area contributed by atoms with Crippen LogP contribution in [0.2, 0.25) is 0 Å². The van der Waals surface area contributed by atoms with E-state index in [0.29, 0.717) is 4.90 Å². The van der Waals surface area contributed by atoms with E-state index in [1.807, 2.05) is 20.8 Å². The van der Waals surface area contributed by atoms with Crippen molar-refractivity contribution < 1.29 is 13.2 Å². The van der Waals surface area contributed by atoms with Crippen molar-refractivity contribution in [3.05, 3.63) is 18.0 Å². The van der Waals surface area contributed by atoms with Crippen LogP contribution < -0.4 is 5.73 Å². The van der Waals surface area contributed by atoms with Crippen molar-refractivity contribution in [2.24, 2.45) is 0 Å². The van der Waals surface area contributed by atoms with E-state index < -0.39 is 11.9 Å². The molecule has 1 aromatic heterocycles. The number of nitrogens with zero attached hydrogens (tertiary/aromatic N) is 1. The Labute approximate surface area is 96.4 Å². The summed E-state index contributed by atoms with van der Waals surface area (Å²) in [6, 6.07) is 0.991. The molecule has 16 heavy (non-hydrogen) atoms. The van der Waals surface area contributed by atoms with Gasteiger partial charge >= 0.3 is 6.18 Å². The molecule has 0 aliphatic heterocycles. The second-order valence-corrected chi connectivity index (χ2v) is 6.19. The lowest BCUT2D eigenvalue weighted by molar-refractivity contribution is -0.141. The fourth-order valence-corrected chi connectivity index (χ4v) is 2.02. The van der Waals surface area contributed by atoms with Crippen molar-refractivity contribution in [2.45, 2.75) is 36.6 Å². The molecule has 2 nitrogen and oxygen atoms in total. The third kappa shape index (κ3) is 3.59. The van der Waals surface area contributed by atoms with Crippen molar-refractivity contribution in [3.8, 4) is 0 Å². The van der Waals surface area contributed by atoms with Crippen LogP contribution in [0.4, 0.5) is 18.9 Å². The highest BCUT2D eigenvalue weighted by Gasteiger charge is 2.33. The van der Waals surface area contributed by atoms with Gasteiger partial charge in [0, 0.05) is 9.64 Å². The Morgan fingerprint density at radius 2 is 1.81 bits per heavy atom. The zero-order chi connectivity index (χ0) is 12.6. The predicted octanol–water partition coefficient (Wildman–Crippen LogP) is 3.57. The van der Waals surface area contributed by atoms with E-state index >= 15 is 0 Å². The Morgan fingerprint density at radius 3 is 2.25 bits per heavy atom. The molecule has 0 aliphatic rings. The number of thioether (sulfide) groups is 1. The summed E-state index contributed by atoms with van der Waals surface area (Å²) in [6.45, 7) is 5.72. The topological polar surface area (TPSA) is 38.9 Å². The number of anilines is 1. The van der Waals surface area contributed by atoms with E-state index in [9.17, 15) is 13.2 Å². The standard InChI is InChI=1S/C10H13F3N2S/c1-9(2,3)16-7-4-8(10(11,12)13)15-5-6(7)14/h4-5H,14H2,1-3H3. The van der Waals surface area contributed by atoms with Crippen LogP contribution in [0.5, 0.6) is 0 Å². The smallest absolute Gasteiger partial charge is 0.397 e. The minimum atomic E-state index is -4.43. The van der Waals surface area contributed by atoms with Crippen LogP contribution in [0.15, 0.2) is 17.2 Å². The van der Waals surface area contributed by atoms with Crippen LogP contribution >= 0.6 is 11.8 Å². The Bertz CT molecular complexity index is 383. The van der Waals surface area contributed by atoms with Crippen molar-refractivity contribution in [1.29, 1.82) is 0 Å². The molecule has 90 valence electrons. The minimum absolute atomic E-state index is 0.196. The second-order valence-electron chi connectivity index (χ2n) is 4.32. The van der Waals surface area contributed by atoms with E-state index in [1.54, 1.807) is 0 Å². The van der Waals surface area contributed by atoms with Gasteiger partial charge in [0.15, 0.2) is 0 Å². The normalized spacial score (nSPS) is 12.9. The molecule has 0 aromatic carbocycles. The molecule has 1 heterocycles. The summed E-state index contributed by atoms with van der Waals surface area (Å²) < 4.78 is 37.1. The Hall–Kier alpha value is -0.910. The molecule has 2 N–H and O–H groups in total. The van der Waals surface area contributed by atoms with Crippen molar-refractivity contribution in [1.82, 2.24) is 4.98 Å². The summed E-state index contributed by atoms with van der Waals surface area (Å²) in [6.07, 6.45) is -3.38. The quantitative estimate of drug-likeness (QED) is 0.774. The number of nitrogens with two attached hydrogens (primary N) is 1. The first-order valence-electron chi connectivity index (χ1n) is 4.61. The summed E-state index contributed by atoms with van der Waals surface area (Å²) in [5.41, 5.74) is 4.95. The Kier molecular flexibility index (Phi) is 3.42. The third-order valence-corrected chi connectivity index (χ3v) is 2.79. The summed E-state index contributed by atoms with van der Waals surface area (Å²) in [5.74, 6) is 0. The number of alkyl halides is 3. The van der Waals surface area contributed by atoms with Crippen LogP contribution in [0, 0.1) is 0 Å². The molecular weight excluding hydrogens is 237 g/mol. The number of aromatic nitrogens is 1. The van der Waals surface area contributed by atoms with E-state index in [4.69, 9.17) is 5.73 Å². The molecule has 1 rings (SSSR count). The molecule has 0 spiro atoms. The molecule has 0 atom stereocenters. The molecule has 0 fully saturated rings. The summed E-state index contributed by atoms with van der Waals surface area (Å²) >= 11 is 1.29. The largest absolute Gasteiger partial charge is 0.433 e. The number of pyridine rings is 1. The number of hydrogen-bond donors (Lipinski definition) is 1. The predicted molar refractivity (Wildman–Crippen MR) is 59.3 cm³/mol. The van der Waals surface area contributed by atoms with Gasteiger partial charge in [0.25, 0.3) is 0 Å². The number of halogens is 3. The summed E-state index contributed by atoms with van der Waals surface area (Å²) in [5, 5.41) is 0. The SMILES string of the molecule is CC(C)(C)Sc1cc(C(F)(F)F)ncc1N. The van der Waals surface area contributed by atoms with Crippen LogP contribution in [0.3, 0.4) is 0 Å². The molecular formula is C10H13F3N2S. The molecule has 0 bridgehead atoms. The number of rotatable bonds is 1. The van der Waals surface area contributed by atoms with Crippen LogP contribution in [-0.4, -0.2) is 9.73 Å². The van der Waals surface area contributed by atoms with Gasteiger partial charge in [-0.2, -0.15) is 13.2 Å². The average Bonchev–Trinajstić information content (AvgIpc) is 2.04. The van der Waals surface area contributed by atoms with Crippen LogP contribution in [0.1, 0.15) is 26.5 Å². The third-order valence-electron chi connectivity index (χ3n) is 1.60. The van der Waals surface area contributed by atoms with Crippen molar-refractivity contribution in [2.75, 3.05) is 5.73 Å². The van der Waals surface area contributed by atoms with Gasteiger partial charge in [-0.05, 0) is 6.07 Å². The number of hydrogen-bond acceptors (Lipinski definition) is 3. The maximum absolute atomic E-state index is 12.4. The Balaban J connectivity index is 3.10. The summed E-state index contributed by atoms with van der Waals surface area (Å²) in [4.78, 5) is 3.69. The first kappa shape index (κ1) is 13.2. The fraction of sp³-hybridized carbons (Fsp3) is 0.500. The van der Waals surface area contributed by atoms with Gasteiger partial charge in [-0.3, -0.25) is 0 Å². The highest BCUT2D eigenvalue weighted by molar-refractivity contribution is 8.00. The van der Waals surface area contributed by atoms with Gasteiger partial charge < -0.3 is 5.73 Å². The molecule has 0 unspecified atom stereocenters. The minimum Gasteiger partial charge on any atom is -0.397 e. The zero-order valence-electron chi connectivity index (χ0n) is 9.22. The zero-order valence-corrected chi connectivity index (χ0v) is 10.0. The molecule has 0 saturated carbocycles. The van der Waals surface area contributed by atoms with E-state index in [0.717, 1.165) is 12.3 Å². The van der Waals surface area contributed by atoms with Crippen molar-refractivity contribution >= 4 is 17.4 Å². The van der Waals surface area contributed by atoms with Crippen LogP contribution in [-0.2, 0) is 6.18 Å². The van der Waals surface area contributed by atoms with Gasteiger partial charge in [0.1, 0.15) is 5.69 Å². The lowest BCUT2D eigenvalue weighted by atomic mass is 10.3. The fourth-order valence-electron chi connectivity index (χ4n) is 1.02. The maximum Gasteiger partial charge on any atom is 0.433 e. The first-order valence-corrected chi connectivity index (χ1v) is 5.43. The van der Waals surface area contributed by atoms with E-state index in [-0.39, 0.29) is 10.4 Å². The summed E-state index contributed by atoms with van der Waals surface area (Å²) in [7, 11) is 0. The monoisotopic (exact) mass is 250 g/mol. The molecule has 0 aliphatic carbocycles. The second kappa shape index (κ2) is 4.16. The highest BCUT2D eigenvalue weighted by atomic mass is 32.2. The molecule has 6 heteroatoms. The van der Waals surface area contributed by atoms with Gasteiger partial charge in [0.05, 0.1) is 11.9 Å². The van der Waals surface area contributed by atoms with E-state index in [2.05, 4.69) is 4.98 Å². The maximum atomic E-state index is 12.4. The lowest BCUT2D eigenvalue weighted by Gasteiger charge is -2.19. The molecule has 0 radical (unpaired) electrons. The number of nitrogen functional groups attached to an aromatic ring is 1. The Morgan fingerprint density at radius 1 is 1.25 bits per heavy atom. The van der Waals surface area contributed by atoms with Gasteiger partial charge in [-0.25, -0.2) is 4.98 Å². The molecule has 0 amide bonds.